The lowest BCUT2D eigenvalue weighted by atomic mass is 10.1. The molecule has 0 radical (unpaired) electrons. The summed E-state index contributed by atoms with van der Waals surface area (Å²) in [6.45, 7) is 5.87. The molecule has 0 aromatic carbocycles. The van der Waals surface area contributed by atoms with E-state index in [9.17, 15) is 16.8 Å². The van der Waals surface area contributed by atoms with Crippen molar-refractivity contribution >= 4 is 19.9 Å². The predicted octanol–water partition coefficient (Wildman–Crippen LogP) is -0.190. The van der Waals surface area contributed by atoms with Crippen molar-refractivity contribution in [1.82, 2.24) is 4.31 Å². The van der Waals surface area contributed by atoms with E-state index in [1.165, 1.54) is 4.31 Å². The Hall–Kier alpha value is -0.180. The van der Waals surface area contributed by atoms with Gasteiger partial charge in [-0.3, -0.25) is 0 Å². The second kappa shape index (κ2) is 6.31. The number of nitrogens with two attached hydrogens (primary N) is 1. The third-order valence-electron chi connectivity index (χ3n) is 2.65. The van der Waals surface area contributed by atoms with E-state index in [0.29, 0.717) is 13.0 Å². The average molecular weight is 300 g/mol. The lowest BCUT2D eigenvalue weighted by Crippen LogP contribution is -2.53. The van der Waals surface area contributed by atoms with Crippen LogP contribution in [-0.2, 0) is 19.9 Å². The van der Waals surface area contributed by atoms with Crippen molar-refractivity contribution in [1.29, 1.82) is 0 Å². The Morgan fingerprint density at radius 3 is 1.94 bits per heavy atom. The van der Waals surface area contributed by atoms with Crippen molar-refractivity contribution in [3.05, 3.63) is 0 Å². The van der Waals surface area contributed by atoms with Crippen LogP contribution in [0.5, 0.6) is 0 Å². The summed E-state index contributed by atoms with van der Waals surface area (Å²) in [7, 11) is -6.91. The molecule has 110 valence electrons. The van der Waals surface area contributed by atoms with Crippen molar-refractivity contribution in [2.75, 3.05) is 30.9 Å². The lowest BCUT2D eigenvalue weighted by Gasteiger charge is -2.36. The van der Waals surface area contributed by atoms with E-state index in [0.717, 1.165) is 6.26 Å². The van der Waals surface area contributed by atoms with Crippen LogP contribution >= 0.6 is 0 Å². The molecule has 0 aliphatic heterocycles. The molecule has 0 rings (SSSR count). The standard InChI is InChI=1S/C10H24N2O4S2/c1-5-6-12(10(2,3)9-11)18(15,16)8-7-17(4,13)14/h5-9,11H2,1-4H3. The Bertz CT molecular complexity index is 454. The van der Waals surface area contributed by atoms with Crippen LogP contribution < -0.4 is 5.73 Å². The van der Waals surface area contributed by atoms with Crippen LogP contribution in [0.3, 0.4) is 0 Å². The summed E-state index contributed by atoms with van der Waals surface area (Å²) in [6, 6.07) is 0. The van der Waals surface area contributed by atoms with Crippen LogP contribution in [0.2, 0.25) is 0 Å². The minimum Gasteiger partial charge on any atom is -0.329 e. The molecule has 0 unspecified atom stereocenters. The van der Waals surface area contributed by atoms with E-state index in [-0.39, 0.29) is 12.3 Å². The highest BCUT2D eigenvalue weighted by atomic mass is 32.2. The molecule has 2 N–H and O–H groups in total. The molecule has 6 nitrogen and oxygen atoms in total. The summed E-state index contributed by atoms with van der Waals surface area (Å²) in [5.41, 5.74) is 4.89. The second-order valence-corrected chi connectivity index (χ2v) is 9.31. The first-order valence-corrected chi connectivity index (χ1v) is 9.51. The minimum absolute atomic E-state index is 0.186. The molecule has 0 spiro atoms. The molecule has 0 heterocycles. The number of hydrogen-bond acceptors (Lipinski definition) is 5. The van der Waals surface area contributed by atoms with Crippen molar-refractivity contribution in [2.24, 2.45) is 5.73 Å². The Kier molecular flexibility index (Phi) is 6.25. The van der Waals surface area contributed by atoms with Gasteiger partial charge in [-0.2, -0.15) is 4.31 Å². The summed E-state index contributed by atoms with van der Waals surface area (Å²) in [4.78, 5) is 0. The minimum atomic E-state index is -3.61. The van der Waals surface area contributed by atoms with Gasteiger partial charge in [0, 0.05) is 24.9 Å². The number of sulfonamides is 1. The molecule has 0 aromatic rings. The molecule has 0 saturated heterocycles. The van der Waals surface area contributed by atoms with E-state index in [1.54, 1.807) is 13.8 Å². The first-order chi connectivity index (χ1) is 7.96. The lowest BCUT2D eigenvalue weighted by molar-refractivity contribution is 0.235. The van der Waals surface area contributed by atoms with Gasteiger partial charge in [0.1, 0.15) is 9.84 Å². The van der Waals surface area contributed by atoms with Crippen molar-refractivity contribution < 1.29 is 16.8 Å². The predicted molar refractivity (Wildman–Crippen MR) is 73.6 cm³/mol. The highest BCUT2D eigenvalue weighted by Crippen LogP contribution is 2.18. The van der Waals surface area contributed by atoms with Gasteiger partial charge in [0.2, 0.25) is 10.0 Å². The van der Waals surface area contributed by atoms with Gasteiger partial charge in [0.05, 0.1) is 11.5 Å². The topological polar surface area (TPSA) is 97.5 Å². The molecule has 0 atom stereocenters. The van der Waals surface area contributed by atoms with E-state index >= 15 is 0 Å². The summed E-state index contributed by atoms with van der Waals surface area (Å²) >= 11 is 0. The van der Waals surface area contributed by atoms with Crippen LogP contribution in [0.25, 0.3) is 0 Å². The first-order valence-electron chi connectivity index (χ1n) is 5.84. The van der Waals surface area contributed by atoms with Crippen LogP contribution in [0, 0.1) is 0 Å². The van der Waals surface area contributed by atoms with Gasteiger partial charge in [-0.05, 0) is 20.3 Å². The van der Waals surface area contributed by atoms with Crippen LogP contribution in [0.15, 0.2) is 0 Å². The summed E-state index contributed by atoms with van der Waals surface area (Å²) in [5.74, 6) is -0.758. The maximum Gasteiger partial charge on any atom is 0.215 e. The average Bonchev–Trinajstić information content (AvgIpc) is 2.22. The molecule has 18 heavy (non-hydrogen) atoms. The summed E-state index contributed by atoms with van der Waals surface area (Å²) in [6.07, 6.45) is 1.68. The van der Waals surface area contributed by atoms with E-state index in [4.69, 9.17) is 5.73 Å². The Labute approximate surface area is 111 Å². The number of sulfone groups is 1. The quantitative estimate of drug-likeness (QED) is 0.670. The van der Waals surface area contributed by atoms with Gasteiger partial charge in [-0.15, -0.1) is 0 Å². The largest absolute Gasteiger partial charge is 0.329 e. The molecular formula is C10H24N2O4S2. The SMILES string of the molecule is CCCN(C(C)(C)CN)S(=O)(=O)CCS(C)(=O)=O. The van der Waals surface area contributed by atoms with Crippen LogP contribution in [-0.4, -0.2) is 57.5 Å². The molecule has 0 aliphatic carbocycles. The van der Waals surface area contributed by atoms with Crippen LogP contribution in [0.1, 0.15) is 27.2 Å². The molecule has 0 bridgehead atoms. The van der Waals surface area contributed by atoms with E-state index < -0.39 is 31.2 Å². The summed E-state index contributed by atoms with van der Waals surface area (Å²) in [5, 5.41) is 0. The van der Waals surface area contributed by atoms with Gasteiger partial charge in [0.25, 0.3) is 0 Å². The first kappa shape index (κ1) is 17.8. The van der Waals surface area contributed by atoms with E-state index in [1.807, 2.05) is 6.92 Å². The highest BCUT2D eigenvalue weighted by Gasteiger charge is 2.34. The zero-order valence-electron chi connectivity index (χ0n) is 11.5. The molecule has 0 aliphatic rings. The fraction of sp³-hybridized carbons (Fsp3) is 1.00. The zero-order valence-corrected chi connectivity index (χ0v) is 13.1. The second-order valence-electron chi connectivity index (χ2n) is 5.03. The number of rotatable bonds is 8. The summed E-state index contributed by atoms with van der Waals surface area (Å²) < 4.78 is 47.8. The van der Waals surface area contributed by atoms with Crippen molar-refractivity contribution in [3.63, 3.8) is 0 Å². The molecular weight excluding hydrogens is 276 g/mol. The third-order valence-corrected chi connectivity index (χ3v) is 5.92. The van der Waals surface area contributed by atoms with Crippen molar-refractivity contribution in [3.8, 4) is 0 Å². The van der Waals surface area contributed by atoms with Gasteiger partial charge in [-0.1, -0.05) is 6.92 Å². The molecule has 0 fully saturated rings. The van der Waals surface area contributed by atoms with Gasteiger partial charge in [0.15, 0.2) is 0 Å². The Balaban J connectivity index is 5.12. The third kappa shape index (κ3) is 5.64. The zero-order chi connectivity index (χ0) is 14.6. The van der Waals surface area contributed by atoms with Gasteiger partial charge >= 0.3 is 0 Å². The Morgan fingerprint density at radius 2 is 1.61 bits per heavy atom. The van der Waals surface area contributed by atoms with Gasteiger partial charge < -0.3 is 5.73 Å². The van der Waals surface area contributed by atoms with Crippen molar-refractivity contribution in [2.45, 2.75) is 32.7 Å². The fourth-order valence-corrected chi connectivity index (χ4v) is 5.05. The maximum atomic E-state index is 12.2. The van der Waals surface area contributed by atoms with Gasteiger partial charge in [-0.25, -0.2) is 16.8 Å². The molecule has 8 heteroatoms. The van der Waals surface area contributed by atoms with Crippen LogP contribution in [0.4, 0.5) is 0 Å². The molecule has 0 amide bonds. The maximum absolute atomic E-state index is 12.2. The fourth-order valence-electron chi connectivity index (χ4n) is 1.49. The normalized spacial score (nSPS) is 14.1. The highest BCUT2D eigenvalue weighted by molar-refractivity contribution is 7.93. The molecule has 0 saturated carbocycles. The Morgan fingerprint density at radius 1 is 1.11 bits per heavy atom. The monoisotopic (exact) mass is 300 g/mol. The number of hydrogen-bond donors (Lipinski definition) is 1. The number of nitrogens with zero attached hydrogens (tertiary/aromatic N) is 1. The smallest absolute Gasteiger partial charge is 0.215 e. The van der Waals surface area contributed by atoms with E-state index in [2.05, 4.69) is 0 Å². The molecule has 0 aromatic heterocycles.